The molecule has 1 N–H and O–H groups in total. The number of hydrogen-bond donors (Lipinski definition) is 1. The van der Waals surface area contributed by atoms with Crippen LogP contribution in [-0.2, 0) is 4.79 Å². The molecule has 0 fully saturated rings. The molecule has 0 saturated heterocycles. The number of para-hydroxylation sites is 2. The summed E-state index contributed by atoms with van der Waals surface area (Å²) >= 11 is 3.40. The maximum Gasteiger partial charge on any atom is 0.277 e. The molecule has 0 unspecified atom stereocenters. The molecule has 144 valence electrons. The van der Waals surface area contributed by atoms with Crippen LogP contribution in [0.5, 0.6) is 23.0 Å². The number of nitrogens with zero attached hydrogens (tertiary/aromatic N) is 1. The van der Waals surface area contributed by atoms with Crippen molar-refractivity contribution in [2.24, 2.45) is 5.10 Å². The van der Waals surface area contributed by atoms with Gasteiger partial charge in [0.05, 0.1) is 31.5 Å². The smallest absolute Gasteiger partial charge is 0.277 e. The number of nitrogens with one attached hydrogen (secondary N) is 1. The van der Waals surface area contributed by atoms with Gasteiger partial charge in [0.25, 0.3) is 5.91 Å². The lowest BCUT2D eigenvalue weighted by Crippen LogP contribution is -2.24. The first-order valence-electron chi connectivity index (χ1n) is 8.17. The fourth-order valence-corrected chi connectivity index (χ4v) is 2.83. The molecule has 0 aliphatic rings. The van der Waals surface area contributed by atoms with E-state index in [1.54, 1.807) is 38.5 Å². The Morgan fingerprint density at radius 1 is 1.11 bits per heavy atom. The lowest BCUT2D eigenvalue weighted by Gasteiger charge is -2.11. The SMILES string of the molecule is CCOc1ccccc1OCC(=O)N/N=C/c1cc(Br)c(OC)c(OC)c1. The van der Waals surface area contributed by atoms with Gasteiger partial charge in [-0.1, -0.05) is 12.1 Å². The van der Waals surface area contributed by atoms with Crippen LogP contribution in [0, 0.1) is 0 Å². The number of amides is 1. The van der Waals surface area contributed by atoms with Crippen molar-refractivity contribution < 1.29 is 23.7 Å². The van der Waals surface area contributed by atoms with Crippen molar-refractivity contribution in [1.82, 2.24) is 5.43 Å². The van der Waals surface area contributed by atoms with E-state index in [0.29, 0.717) is 34.1 Å². The molecule has 0 aliphatic heterocycles. The van der Waals surface area contributed by atoms with Gasteiger partial charge in [0.1, 0.15) is 0 Å². The van der Waals surface area contributed by atoms with Crippen LogP contribution in [0.1, 0.15) is 12.5 Å². The average molecular weight is 437 g/mol. The third-order valence-electron chi connectivity index (χ3n) is 3.37. The first kappa shape index (κ1) is 20.6. The molecule has 2 aromatic rings. The summed E-state index contributed by atoms with van der Waals surface area (Å²) in [6.07, 6.45) is 1.50. The molecule has 2 rings (SSSR count). The van der Waals surface area contributed by atoms with Crippen LogP contribution in [0.2, 0.25) is 0 Å². The Bertz CT molecular complexity index is 811. The van der Waals surface area contributed by atoms with Gasteiger partial charge in [-0.3, -0.25) is 4.79 Å². The maximum atomic E-state index is 11.9. The van der Waals surface area contributed by atoms with E-state index in [4.69, 9.17) is 18.9 Å². The number of carbonyl (C=O) groups is 1. The molecule has 0 spiro atoms. The van der Waals surface area contributed by atoms with E-state index < -0.39 is 5.91 Å². The molecule has 0 radical (unpaired) electrons. The standard InChI is InChI=1S/C19H21BrN2O5/c1-4-26-15-7-5-6-8-16(15)27-12-18(23)22-21-11-13-9-14(20)19(25-3)17(10-13)24-2/h5-11H,4,12H2,1-3H3,(H,22,23)/b21-11+. The normalized spacial score (nSPS) is 10.5. The van der Waals surface area contributed by atoms with Crippen molar-refractivity contribution in [3.63, 3.8) is 0 Å². The molecule has 0 heterocycles. The van der Waals surface area contributed by atoms with Crippen molar-refractivity contribution >= 4 is 28.1 Å². The van der Waals surface area contributed by atoms with Crippen molar-refractivity contribution in [1.29, 1.82) is 0 Å². The Morgan fingerprint density at radius 3 is 2.44 bits per heavy atom. The highest BCUT2D eigenvalue weighted by Crippen LogP contribution is 2.35. The van der Waals surface area contributed by atoms with E-state index in [2.05, 4.69) is 26.5 Å². The summed E-state index contributed by atoms with van der Waals surface area (Å²) in [5.41, 5.74) is 3.14. The summed E-state index contributed by atoms with van der Waals surface area (Å²) in [6, 6.07) is 10.7. The van der Waals surface area contributed by atoms with E-state index in [0.717, 1.165) is 5.56 Å². The van der Waals surface area contributed by atoms with E-state index in [-0.39, 0.29) is 6.61 Å². The highest BCUT2D eigenvalue weighted by Gasteiger charge is 2.10. The first-order valence-corrected chi connectivity index (χ1v) is 8.96. The summed E-state index contributed by atoms with van der Waals surface area (Å²) < 4.78 is 22.2. The molecule has 0 aromatic heterocycles. The summed E-state index contributed by atoms with van der Waals surface area (Å²) in [7, 11) is 3.10. The summed E-state index contributed by atoms with van der Waals surface area (Å²) in [6.45, 7) is 2.21. The number of hydrazone groups is 1. The van der Waals surface area contributed by atoms with Crippen molar-refractivity contribution in [2.75, 3.05) is 27.4 Å². The van der Waals surface area contributed by atoms with Crippen LogP contribution in [0.4, 0.5) is 0 Å². The molecule has 2 aromatic carbocycles. The van der Waals surface area contributed by atoms with Crippen molar-refractivity contribution in [2.45, 2.75) is 6.92 Å². The highest BCUT2D eigenvalue weighted by molar-refractivity contribution is 9.10. The van der Waals surface area contributed by atoms with Crippen LogP contribution in [0.3, 0.4) is 0 Å². The molecule has 27 heavy (non-hydrogen) atoms. The maximum absolute atomic E-state index is 11.9. The van der Waals surface area contributed by atoms with E-state index >= 15 is 0 Å². The lowest BCUT2D eigenvalue weighted by atomic mass is 10.2. The van der Waals surface area contributed by atoms with Crippen LogP contribution in [-0.4, -0.2) is 39.6 Å². The zero-order chi connectivity index (χ0) is 19.6. The minimum Gasteiger partial charge on any atom is -0.493 e. The topological polar surface area (TPSA) is 78.4 Å². The molecule has 0 aliphatic carbocycles. The highest BCUT2D eigenvalue weighted by atomic mass is 79.9. The van der Waals surface area contributed by atoms with Gasteiger partial charge < -0.3 is 18.9 Å². The Kier molecular flexibility index (Phi) is 7.94. The minimum absolute atomic E-state index is 0.183. The van der Waals surface area contributed by atoms with Gasteiger partial charge in [-0.05, 0) is 52.7 Å². The Balaban J connectivity index is 1.93. The first-order chi connectivity index (χ1) is 13.1. The molecular weight excluding hydrogens is 416 g/mol. The lowest BCUT2D eigenvalue weighted by molar-refractivity contribution is -0.123. The van der Waals surface area contributed by atoms with Gasteiger partial charge in [-0.15, -0.1) is 0 Å². The van der Waals surface area contributed by atoms with E-state index in [1.165, 1.54) is 6.21 Å². The number of carbonyl (C=O) groups excluding carboxylic acids is 1. The van der Waals surface area contributed by atoms with Gasteiger partial charge in [-0.25, -0.2) is 5.43 Å². The number of hydrogen-bond acceptors (Lipinski definition) is 6. The molecule has 8 heteroatoms. The van der Waals surface area contributed by atoms with Gasteiger partial charge in [0.2, 0.25) is 0 Å². The monoisotopic (exact) mass is 436 g/mol. The fraction of sp³-hybridized carbons (Fsp3) is 0.263. The molecule has 0 saturated carbocycles. The third-order valence-corrected chi connectivity index (χ3v) is 3.96. The molecule has 0 bridgehead atoms. The molecule has 7 nitrogen and oxygen atoms in total. The second-order valence-electron chi connectivity index (χ2n) is 5.20. The van der Waals surface area contributed by atoms with Crippen LogP contribution < -0.4 is 24.4 Å². The van der Waals surface area contributed by atoms with Crippen LogP contribution in [0.15, 0.2) is 46.0 Å². The summed E-state index contributed by atoms with van der Waals surface area (Å²) in [4.78, 5) is 11.9. The average Bonchev–Trinajstić information content (AvgIpc) is 2.67. The zero-order valence-corrected chi connectivity index (χ0v) is 16.9. The predicted octanol–water partition coefficient (Wildman–Crippen LogP) is 3.39. The largest absolute Gasteiger partial charge is 0.493 e. The van der Waals surface area contributed by atoms with Gasteiger partial charge in [0.15, 0.2) is 29.6 Å². The Labute approximate surface area is 166 Å². The van der Waals surface area contributed by atoms with Crippen molar-refractivity contribution in [3.8, 4) is 23.0 Å². The summed E-state index contributed by atoms with van der Waals surface area (Å²) in [5, 5.41) is 3.93. The molecule has 0 atom stereocenters. The number of benzene rings is 2. The van der Waals surface area contributed by atoms with Crippen molar-refractivity contribution in [3.05, 3.63) is 46.4 Å². The van der Waals surface area contributed by atoms with Crippen LogP contribution in [0.25, 0.3) is 0 Å². The fourth-order valence-electron chi connectivity index (χ4n) is 2.21. The summed E-state index contributed by atoms with van der Waals surface area (Å²) in [5.74, 6) is 1.83. The molecular formula is C19H21BrN2O5. The third kappa shape index (κ3) is 5.89. The zero-order valence-electron chi connectivity index (χ0n) is 15.3. The van der Waals surface area contributed by atoms with Gasteiger partial charge >= 0.3 is 0 Å². The Hall–Kier alpha value is -2.74. The Morgan fingerprint density at radius 2 is 1.81 bits per heavy atom. The number of halogens is 1. The minimum atomic E-state index is -0.392. The van der Waals surface area contributed by atoms with Gasteiger partial charge in [0, 0.05) is 0 Å². The van der Waals surface area contributed by atoms with Crippen LogP contribution >= 0.6 is 15.9 Å². The number of ether oxygens (including phenoxy) is 4. The number of rotatable bonds is 9. The second-order valence-corrected chi connectivity index (χ2v) is 6.05. The second kappa shape index (κ2) is 10.4. The predicted molar refractivity (Wildman–Crippen MR) is 106 cm³/mol. The van der Waals surface area contributed by atoms with E-state index in [9.17, 15) is 4.79 Å². The van der Waals surface area contributed by atoms with E-state index in [1.807, 2.05) is 19.1 Å². The number of methoxy groups -OCH3 is 2. The molecule has 1 amide bonds. The van der Waals surface area contributed by atoms with Gasteiger partial charge in [-0.2, -0.15) is 5.10 Å². The quantitative estimate of drug-likeness (QED) is 0.481.